The summed E-state index contributed by atoms with van der Waals surface area (Å²) >= 11 is 0. The number of nitrogens with one attached hydrogen (secondary N) is 1. The number of rotatable bonds is 3. The Kier molecular flexibility index (Phi) is 3.68. The Balaban J connectivity index is 2.25. The van der Waals surface area contributed by atoms with Gasteiger partial charge < -0.3 is 9.84 Å². The van der Waals surface area contributed by atoms with Crippen LogP contribution in [0.25, 0.3) is 0 Å². The highest BCUT2D eigenvalue weighted by molar-refractivity contribution is 5.80. The van der Waals surface area contributed by atoms with Crippen LogP contribution in [0.2, 0.25) is 0 Å². The van der Waals surface area contributed by atoms with Crippen molar-refractivity contribution in [1.82, 2.24) is 5.32 Å². The molecule has 1 aliphatic rings. The smallest absolute Gasteiger partial charge is 0.325 e. The number of carbonyl (C=O) groups is 1. The minimum absolute atomic E-state index is 0.0136. The van der Waals surface area contributed by atoms with E-state index in [9.17, 15) is 9.90 Å². The van der Waals surface area contributed by atoms with Crippen LogP contribution in [0.1, 0.15) is 24.9 Å². The molecular formula is C14H19NO3. The maximum atomic E-state index is 11.8. The Morgan fingerprint density at radius 1 is 1.50 bits per heavy atom. The van der Waals surface area contributed by atoms with Crippen molar-refractivity contribution in [3.8, 4) is 0 Å². The van der Waals surface area contributed by atoms with E-state index in [1.165, 1.54) is 7.11 Å². The van der Waals surface area contributed by atoms with Crippen molar-refractivity contribution in [1.29, 1.82) is 0 Å². The van der Waals surface area contributed by atoms with Crippen molar-refractivity contribution in [3.63, 3.8) is 0 Å². The van der Waals surface area contributed by atoms with Gasteiger partial charge in [-0.1, -0.05) is 30.3 Å². The summed E-state index contributed by atoms with van der Waals surface area (Å²) < 4.78 is 4.83. The molecule has 4 nitrogen and oxygen atoms in total. The lowest BCUT2D eigenvalue weighted by Gasteiger charge is -2.22. The van der Waals surface area contributed by atoms with Gasteiger partial charge >= 0.3 is 5.97 Å². The van der Waals surface area contributed by atoms with Crippen molar-refractivity contribution in [2.75, 3.05) is 13.7 Å². The first kappa shape index (κ1) is 13.1. The summed E-state index contributed by atoms with van der Waals surface area (Å²) in [4.78, 5) is 11.8. The van der Waals surface area contributed by atoms with E-state index in [4.69, 9.17) is 4.74 Å². The second-order valence-corrected chi connectivity index (χ2v) is 5.00. The Morgan fingerprint density at radius 2 is 2.17 bits per heavy atom. The fourth-order valence-electron chi connectivity index (χ4n) is 2.72. The van der Waals surface area contributed by atoms with E-state index in [0.717, 1.165) is 5.56 Å². The van der Waals surface area contributed by atoms with Gasteiger partial charge in [-0.2, -0.15) is 0 Å². The highest BCUT2D eigenvalue weighted by Gasteiger charge is 2.47. The molecular weight excluding hydrogens is 230 g/mol. The lowest BCUT2D eigenvalue weighted by Crippen LogP contribution is -2.45. The highest BCUT2D eigenvalue weighted by atomic mass is 16.5. The summed E-state index contributed by atoms with van der Waals surface area (Å²) in [6.07, 6.45) is 0.579. The third-order valence-electron chi connectivity index (χ3n) is 3.65. The van der Waals surface area contributed by atoms with E-state index in [0.29, 0.717) is 6.42 Å². The van der Waals surface area contributed by atoms with Crippen molar-refractivity contribution in [3.05, 3.63) is 35.9 Å². The fraction of sp³-hybridized carbons (Fsp3) is 0.500. The summed E-state index contributed by atoms with van der Waals surface area (Å²) in [5, 5.41) is 12.8. The van der Waals surface area contributed by atoms with Gasteiger partial charge in [0.1, 0.15) is 5.54 Å². The third-order valence-corrected chi connectivity index (χ3v) is 3.65. The van der Waals surface area contributed by atoms with Crippen LogP contribution in [-0.2, 0) is 9.53 Å². The van der Waals surface area contributed by atoms with Crippen LogP contribution in [0.15, 0.2) is 30.3 Å². The molecule has 1 saturated heterocycles. The van der Waals surface area contributed by atoms with E-state index in [2.05, 4.69) is 5.32 Å². The largest absolute Gasteiger partial charge is 0.468 e. The molecule has 3 atom stereocenters. The van der Waals surface area contributed by atoms with E-state index < -0.39 is 5.54 Å². The molecule has 0 aromatic heterocycles. The molecule has 1 aromatic rings. The summed E-state index contributed by atoms with van der Waals surface area (Å²) in [5.41, 5.74) is 0.368. The van der Waals surface area contributed by atoms with Crippen LogP contribution in [0.3, 0.4) is 0 Å². The first-order valence-corrected chi connectivity index (χ1v) is 6.12. The molecule has 0 amide bonds. The average molecular weight is 249 g/mol. The van der Waals surface area contributed by atoms with Crippen LogP contribution in [0, 0.1) is 5.92 Å². The third kappa shape index (κ3) is 2.26. The topological polar surface area (TPSA) is 58.6 Å². The Labute approximate surface area is 107 Å². The number of hydrogen-bond donors (Lipinski definition) is 2. The van der Waals surface area contributed by atoms with Crippen LogP contribution < -0.4 is 5.32 Å². The molecule has 0 aliphatic carbocycles. The van der Waals surface area contributed by atoms with E-state index in [-0.39, 0.29) is 24.5 Å². The summed E-state index contributed by atoms with van der Waals surface area (Å²) in [5.74, 6) is -0.254. The number of esters is 1. The van der Waals surface area contributed by atoms with Crippen LogP contribution in [-0.4, -0.2) is 30.3 Å². The summed E-state index contributed by atoms with van der Waals surface area (Å²) in [7, 11) is 1.39. The molecule has 1 aromatic carbocycles. The number of carbonyl (C=O) groups excluding carboxylic acids is 1. The molecule has 1 heterocycles. The van der Waals surface area contributed by atoms with Crippen LogP contribution >= 0.6 is 0 Å². The number of aliphatic hydroxyl groups excluding tert-OH is 1. The predicted octanol–water partition coefficient (Wildman–Crippen LogP) is 1.26. The molecule has 0 spiro atoms. The monoisotopic (exact) mass is 249 g/mol. The maximum absolute atomic E-state index is 11.8. The van der Waals surface area contributed by atoms with E-state index in [1.807, 2.05) is 37.3 Å². The van der Waals surface area contributed by atoms with Crippen molar-refractivity contribution in [2.24, 2.45) is 5.92 Å². The van der Waals surface area contributed by atoms with Gasteiger partial charge in [0.2, 0.25) is 0 Å². The average Bonchev–Trinajstić information content (AvgIpc) is 2.77. The maximum Gasteiger partial charge on any atom is 0.325 e. The van der Waals surface area contributed by atoms with Crippen molar-refractivity contribution >= 4 is 5.97 Å². The van der Waals surface area contributed by atoms with Gasteiger partial charge in [0, 0.05) is 18.6 Å². The lowest BCUT2D eigenvalue weighted by atomic mass is 9.91. The Bertz CT molecular complexity index is 420. The second kappa shape index (κ2) is 5.08. The SMILES string of the molecule is COC(=O)[C@]1(C)C[C@@H](CO)[C@H](c2ccccc2)N1. The van der Waals surface area contributed by atoms with Crippen LogP contribution in [0.4, 0.5) is 0 Å². The molecule has 0 saturated carbocycles. The standard InChI is InChI=1S/C14H19NO3/c1-14(13(17)18-2)8-11(9-16)12(15-14)10-6-4-3-5-7-10/h3-7,11-12,15-16H,8-9H2,1-2H3/t11-,12-,14-/m0/s1. The van der Waals surface area contributed by atoms with Gasteiger partial charge in [-0.15, -0.1) is 0 Å². The first-order chi connectivity index (χ1) is 8.60. The normalized spacial score (nSPS) is 31.3. The summed E-state index contributed by atoms with van der Waals surface area (Å²) in [6.45, 7) is 1.88. The molecule has 0 unspecified atom stereocenters. The fourth-order valence-corrected chi connectivity index (χ4v) is 2.72. The van der Waals surface area contributed by atoms with Gasteiger partial charge in [0.25, 0.3) is 0 Å². The van der Waals surface area contributed by atoms with E-state index >= 15 is 0 Å². The minimum atomic E-state index is -0.720. The molecule has 1 aliphatic heterocycles. The molecule has 0 radical (unpaired) electrons. The Hall–Kier alpha value is -1.39. The van der Waals surface area contributed by atoms with Crippen molar-refractivity contribution < 1.29 is 14.6 Å². The van der Waals surface area contributed by atoms with Crippen LogP contribution in [0.5, 0.6) is 0 Å². The number of aliphatic hydroxyl groups is 1. The zero-order chi connectivity index (χ0) is 13.2. The zero-order valence-electron chi connectivity index (χ0n) is 10.7. The van der Waals surface area contributed by atoms with Gasteiger partial charge in [0.05, 0.1) is 7.11 Å². The number of hydrogen-bond acceptors (Lipinski definition) is 4. The zero-order valence-corrected chi connectivity index (χ0v) is 10.7. The molecule has 98 valence electrons. The van der Waals surface area contributed by atoms with E-state index in [1.54, 1.807) is 0 Å². The first-order valence-electron chi connectivity index (χ1n) is 6.12. The molecule has 0 bridgehead atoms. The van der Waals surface area contributed by atoms with Gasteiger partial charge in [0.15, 0.2) is 0 Å². The molecule has 18 heavy (non-hydrogen) atoms. The van der Waals surface area contributed by atoms with Gasteiger partial charge in [-0.25, -0.2) is 0 Å². The number of benzene rings is 1. The minimum Gasteiger partial charge on any atom is -0.468 e. The summed E-state index contributed by atoms with van der Waals surface area (Å²) in [6, 6.07) is 9.86. The van der Waals surface area contributed by atoms with Crippen molar-refractivity contribution in [2.45, 2.75) is 24.9 Å². The lowest BCUT2D eigenvalue weighted by molar-refractivity contribution is -0.147. The number of ether oxygens (including phenoxy) is 1. The quantitative estimate of drug-likeness (QED) is 0.792. The Morgan fingerprint density at radius 3 is 2.72 bits per heavy atom. The molecule has 2 N–H and O–H groups in total. The predicted molar refractivity (Wildman–Crippen MR) is 67.9 cm³/mol. The highest BCUT2D eigenvalue weighted by Crippen LogP contribution is 2.38. The van der Waals surface area contributed by atoms with Gasteiger partial charge in [-0.3, -0.25) is 10.1 Å². The molecule has 4 heteroatoms. The molecule has 1 fully saturated rings. The number of methoxy groups -OCH3 is 1. The second-order valence-electron chi connectivity index (χ2n) is 5.00. The molecule has 2 rings (SSSR count). The van der Waals surface area contributed by atoms with Gasteiger partial charge in [-0.05, 0) is 18.9 Å².